The lowest BCUT2D eigenvalue weighted by molar-refractivity contribution is 0.305. The lowest BCUT2D eigenvalue weighted by Crippen LogP contribution is -1.97. The molecular weight excluding hydrogens is 296 g/mol. The lowest BCUT2D eigenvalue weighted by atomic mass is 10.1. The zero-order valence-corrected chi connectivity index (χ0v) is 13.1. The predicted octanol–water partition coefficient (Wildman–Crippen LogP) is 4.70. The Hall–Kier alpha value is -3.38. The first-order valence-corrected chi connectivity index (χ1v) is 7.64. The molecule has 1 aromatic heterocycles. The molecular formula is C21H16N2O. The Bertz CT molecular complexity index is 862. The predicted molar refractivity (Wildman–Crippen MR) is 95.1 cm³/mol. The van der Waals surface area contributed by atoms with Gasteiger partial charge in [-0.1, -0.05) is 48.6 Å². The molecule has 0 saturated carbocycles. The molecule has 24 heavy (non-hydrogen) atoms. The molecule has 3 rings (SSSR count). The van der Waals surface area contributed by atoms with E-state index in [0.717, 1.165) is 16.7 Å². The first-order valence-electron chi connectivity index (χ1n) is 7.64. The molecule has 116 valence electrons. The molecule has 0 amide bonds. The molecule has 0 atom stereocenters. The third kappa shape index (κ3) is 4.08. The minimum absolute atomic E-state index is 0.438. The quantitative estimate of drug-likeness (QED) is 0.686. The van der Waals surface area contributed by atoms with Gasteiger partial charge in [-0.2, -0.15) is 5.26 Å². The number of ether oxygens (including phenoxy) is 1. The van der Waals surface area contributed by atoms with Gasteiger partial charge in [0, 0.05) is 12.4 Å². The van der Waals surface area contributed by atoms with E-state index in [9.17, 15) is 0 Å². The molecule has 0 bridgehead atoms. The van der Waals surface area contributed by atoms with Gasteiger partial charge >= 0.3 is 0 Å². The monoisotopic (exact) mass is 312 g/mol. The minimum atomic E-state index is 0.438. The van der Waals surface area contributed by atoms with Crippen LogP contribution >= 0.6 is 0 Å². The van der Waals surface area contributed by atoms with Crippen LogP contribution in [0.5, 0.6) is 5.75 Å². The van der Waals surface area contributed by atoms with Gasteiger partial charge < -0.3 is 4.74 Å². The van der Waals surface area contributed by atoms with Crippen molar-refractivity contribution in [2.24, 2.45) is 0 Å². The summed E-state index contributed by atoms with van der Waals surface area (Å²) in [5, 5.41) is 9.06. The van der Waals surface area contributed by atoms with Gasteiger partial charge in [0.15, 0.2) is 0 Å². The highest BCUT2D eigenvalue weighted by Crippen LogP contribution is 2.18. The fraction of sp³-hybridized carbons (Fsp3) is 0.0476. The smallest absolute Gasteiger partial charge is 0.137 e. The second kappa shape index (κ2) is 7.75. The van der Waals surface area contributed by atoms with Crippen molar-refractivity contribution in [2.45, 2.75) is 6.61 Å². The van der Waals surface area contributed by atoms with Crippen LogP contribution in [0.3, 0.4) is 0 Å². The van der Waals surface area contributed by atoms with Crippen LogP contribution in [0.15, 0.2) is 73.1 Å². The van der Waals surface area contributed by atoms with Gasteiger partial charge in [0.1, 0.15) is 18.4 Å². The summed E-state index contributed by atoms with van der Waals surface area (Å²) >= 11 is 0. The summed E-state index contributed by atoms with van der Waals surface area (Å²) in [6.45, 7) is 0.438. The van der Waals surface area contributed by atoms with Crippen LogP contribution in [0.4, 0.5) is 0 Å². The molecule has 3 nitrogen and oxygen atoms in total. The fourth-order valence-corrected chi connectivity index (χ4v) is 2.24. The van der Waals surface area contributed by atoms with Crippen LogP contribution in [-0.2, 0) is 6.61 Å². The van der Waals surface area contributed by atoms with Crippen molar-refractivity contribution >= 4 is 12.2 Å². The standard InChI is InChI=1S/C21H16N2O/c22-15-20-3-1-2-4-21(20)24-16-19-9-7-17(8-10-19)5-6-18-11-13-23-14-12-18/h1-14H,16H2/b6-5+. The van der Waals surface area contributed by atoms with Crippen molar-refractivity contribution < 1.29 is 4.74 Å². The highest BCUT2D eigenvalue weighted by molar-refractivity contribution is 5.69. The van der Waals surface area contributed by atoms with Crippen LogP contribution < -0.4 is 4.74 Å². The molecule has 0 aliphatic heterocycles. The number of hydrogen-bond donors (Lipinski definition) is 0. The molecule has 2 aromatic carbocycles. The van der Waals surface area contributed by atoms with E-state index in [-0.39, 0.29) is 0 Å². The Morgan fingerprint density at radius 2 is 1.54 bits per heavy atom. The number of benzene rings is 2. The molecule has 1 heterocycles. The van der Waals surface area contributed by atoms with Gasteiger partial charge in [-0.05, 0) is 41.0 Å². The maximum absolute atomic E-state index is 9.06. The second-order valence-electron chi connectivity index (χ2n) is 5.25. The van der Waals surface area contributed by atoms with Gasteiger partial charge in [0.2, 0.25) is 0 Å². The number of nitriles is 1. The van der Waals surface area contributed by atoms with Crippen LogP contribution in [0.1, 0.15) is 22.3 Å². The van der Waals surface area contributed by atoms with E-state index in [1.54, 1.807) is 18.5 Å². The van der Waals surface area contributed by atoms with E-state index in [1.807, 2.05) is 54.6 Å². The Morgan fingerprint density at radius 3 is 2.25 bits per heavy atom. The van der Waals surface area contributed by atoms with Gasteiger partial charge in [-0.15, -0.1) is 0 Å². The summed E-state index contributed by atoms with van der Waals surface area (Å²) in [7, 11) is 0. The maximum atomic E-state index is 9.06. The lowest BCUT2D eigenvalue weighted by Gasteiger charge is -2.07. The third-order valence-corrected chi connectivity index (χ3v) is 3.56. The van der Waals surface area contributed by atoms with E-state index in [2.05, 4.69) is 23.2 Å². The Balaban J connectivity index is 1.63. The SMILES string of the molecule is N#Cc1ccccc1OCc1ccc(/C=C/c2ccncc2)cc1. The van der Waals surface area contributed by atoms with Crippen LogP contribution in [0.25, 0.3) is 12.2 Å². The molecule has 0 N–H and O–H groups in total. The topological polar surface area (TPSA) is 45.9 Å². The summed E-state index contributed by atoms with van der Waals surface area (Å²) in [4.78, 5) is 4.00. The van der Waals surface area contributed by atoms with Crippen molar-refractivity contribution in [2.75, 3.05) is 0 Å². The first kappa shape index (κ1) is 15.5. The van der Waals surface area contributed by atoms with Crippen molar-refractivity contribution in [3.8, 4) is 11.8 Å². The normalized spacial score (nSPS) is 10.5. The number of hydrogen-bond acceptors (Lipinski definition) is 3. The summed E-state index contributed by atoms with van der Waals surface area (Å²) in [5.41, 5.74) is 3.84. The average Bonchev–Trinajstić information content (AvgIpc) is 2.66. The molecule has 0 aliphatic carbocycles. The highest BCUT2D eigenvalue weighted by Gasteiger charge is 2.02. The minimum Gasteiger partial charge on any atom is -0.488 e. The molecule has 0 saturated heterocycles. The second-order valence-corrected chi connectivity index (χ2v) is 5.25. The number of nitrogens with zero attached hydrogens (tertiary/aromatic N) is 2. The van der Waals surface area contributed by atoms with Crippen LogP contribution in [-0.4, -0.2) is 4.98 Å². The molecule has 0 spiro atoms. The first-order chi connectivity index (χ1) is 11.8. The number of aromatic nitrogens is 1. The molecule has 3 heteroatoms. The summed E-state index contributed by atoms with van der Waals surface area (Å²) in [6, 6.07) is 21.5. The van der Waals surface area contributed by atoms with E-state index < -0.39 is 0 Å². The zero-order chi connectivity index (χ0) is 16.6. The highest BCUT2D eigenvalue weighted by atomic mass is 16.5. The third-order valence-electron chi connectivity index (χ3n) is 3.56. The van der Waals surface area contributed by atoms with Gasteiger partial charge in [0.25, 0.3) is 0 Å². The van der Waals surface area contributed by atoms with Crippen molar-refractivity contribution in [3.63, 3.8) is 0 Å². The summed E-state index contributed by atoms with van der Waals surface area (Å²) in [6.07, 6.45) is 7.67. The number of rotatable bonds is 5. The maximum Gasteiger partial charge on any atom is 0.137 e. The Labute approximate surface area is 141 Å². The molecule has 0 fully saturated rings. The molecule has 0 unspecified atom stereocenters. The van der Waals surface area contributed by atoms with E-state index in [1.165, 1.54) is 0 Å². The number of pyridine rings is 1. The Morgan fingerprint density at radius 1 is 0.875 bits per heavy atom. The largest absolute Gasteiger partial charge is 0.488 e. The molecule has 0 radical (unpaired) electrons. The van der Waals surface area contributed by atoms with Crippen LogP contribution in [0, 0.1) is 11.3 Å². The van der Waals surface area contributed by atoms with Gasteiger partial charge in [-0.25, -0.2) is 0 Å². The van der Waals surface area contributed by atoms with Gasteiger partial charge in [-0.3, -0.25) is 4.98 Å². The number of para-hydroxylation sites is 1. The van der Waals surface area contributed by atoms with E-state index in [0.29, 0.717) is 17.9 Å². The van der Waals surface area contributed by atoms with Gasteiger partial charge in [0.05, 0.1) is 5.56 Å². The molecule has 3 aromatic rings. The zero-order valence-electron chi connectivity index (χ0n) is 13.1. The van der Waals surface area contributed by atoms with Crippen LogP contribution in [0.2, 0.25) is 0 Å². The van der Waals surface area contributed by atoms with Crippen molar-refractivity contribution in [3.05, 3.63) is 95.3 Å². The summed E-state index contributed by atoms with van der Waals surface area (Å²) < 4.78 is 5.74. The molecule has 0 aliphatic rings. The van der Waals surface area contributed by atoms with Crippen molar-refractivity contribution in [1.29, 1.82) is 5.26 Å². The fourth-order valence-electron chi connectivity index (χ4n) is 2.24. The summed E-state index contributed by atoms with van der Waals surface area (Å²) in [5.74, 6) is 0.613. The van der Waals surface area contributed by atoms with Crippen molar-refractivity contribution in [1.82, 2.24) is 4.98 Å². The average molecular weight is 312 g/mol. The van der Waals surface area contributed by atoms with E-state index in [4.69, 9.17) is 10.00 Å². The Kier molecular flexibility index (Phi) is 5.01. The van der Waals surface area contributed by atoms with E-state index >= 15 is 0 Å².